The number of hydrogen-bond donors (Lipinski definition) is 1. The molecule has 0 saturated carbocycles. The molecule has 2 amide bonds. The average Bonchev–Trinajstić information content (AvgIpc) is 3.35. The second kappa shape index (κ2) is 9.92. The third kappa shape index (κ3) is 5.48. The van der Waals surface area contributed by atoms with Crippen molar-refractivity contribution in [3.05, 3.63) is 24.0 Å². The number of carbonyl (C=O) groups is 2. The number of nitrogens with zero attached hydrogens (tertiary/aromatic N) is 3. The van der Waals surface area contributed by atoms with E-state index in [1.54, 1.807) is 36.0 Å². The minimum absolute atomic E-state index is 0.231. The van der Waals surface area contributed by atoms with Crippen LogP contribution >= 0.6 is 23.1 Å². The molecule has 1 fully saturated rings. The lowest BCUT2D eigenvalue weighted by molar-refractivity contribution is -0.149. The number of rotatable bonds is 7. The van der Waals surface area contributed by atoms with Crippen molar-refractivity contribution < 1.29 is 18.7 Å². The van der Waals surface area contributed by atoms with E-state index in [0.29, 0.717) is 36.5 Å². The van der Waals surface area contributed by atoms with E-state index in [4.69, 9.17) is 9.15 Å². The quantitative estimate of drug-likeness (QED) is 0.533. The van der Waals surface area contributed by atoms with E-state index < -0.39 is 0 Å². The van der Waals surface area contributed by atoms with Crippen LogP contribution in [0.15, 0.2) is 21.0 Å². The van der Waals surface area contributed by atoms with E-state index in [0.717, 1.165) is 29.2 Å². The van der Waals surface area contributed by atoms with E-state index in [9.17, 15) is 9.59 Å². The molecular weight excluding hydrogens is 400 g/mol. The van der Waals surface area contributed by atoms with Gasteiger partial charge in [-0.25, -0.2) is 14.8 Å². The van der Waals surface area contributed by atoms with Crippen molar-refractivity contribution in [3.63, 3.8) is 0 Å². The Bertz CT molecular complexity index is 807. The number of nitrogens with one attached hydrogen (secondary N) is 1. The van der Waals surface area contributed by atoms with Crippen molar-refractivity contribution in [2.45, 2.75) is 43.1 Å². The van der Waals surface area contributed by atoms with Gasteiger partial charge in [0.15, 0.2) is 5.13 Å². The minimum Gasteiger partial charge on any atom is -0.466 e. The summed E-state index contributed by atoms with van der Waals surface area (Å²) in [5, 5.41) is 3.36. The summed E-state index contributed by atoms with van der Waals surface area (Å²) in [6.07, 6.45) is 5.83. The number of carbonyl (C=O) groups excluding carboxylic acids is 2. The highest BCUT2D eigenvalue weighted by molar-refractivity contribution is 8.00. The normalized spacial score (nSPS) is 16.8. The molecule has 10 heteroatoms. The van der Waals surface area contributed by atoms with Crippen molar-refractivity contribution in [3.8, 4) is 0 Å². The summed E-state index contributed by atoms with van der Waals surface area (Å²) >= 11 is 2.97. The molecule has 2 aromatic rings. The van der Waals surface area contributed by atoms with Gasteiger partial charge in [-0.2, -0.15) is 0 Å². The summed E-state index contributed by atoms with van der Waals surface area (Å²) in [4.78, 5) is 34.6. The van der Waals surface area contributed by atoms with E-state index in [-0.39, 0.29) is 17.9 Å². The number of thioether (sulfide) groups is 1. The van der Waals surface area contributed by atoms with Crippen LogP contribution in [0.25, 0.3) is 0 Å². The Morgan fingerprint density at radius 1 is 1.39 bits per heavy atom. The fraction of sp³-hybridized carbons (Fsp3) is 0.556. The predicted octanol–water partition coefficient (Wildman–Crippen LogP) is 3.79. The monoisotopic (exact) mass is 424 g/mol. The second-order valence-electron chi connectivity index (χ2n) is 6.31. The van der Waals surface area contributed by atoms with Crippen molar-refractivity contribution >= 4 is 40.2 Å². The van der Waals surface area contributed by atoms with Gasteiger partial charge in [0.25, 0.3) is 0 Å². The molecule has 2 aromatic heterocycles. The summed E-state index contributed by atoms with van der Waals surface area (Å²) in [6.45, 7) is 5.16. The highest BCUT2D eigenvalue weighted by Crippen LogP contribution is 2.31. The van der Waals surface area contributed by atoms with Crippen LogP contribution in [0, 0.1) is 5.92 Å². The van der Waals surface area contributed by atoms with Crippen LogP contribution in [0.3, 0.4) is 0 Å². The van der Waals surface area contributed by atoms with Gasteiger partial charge in [-0.3, -0.25) is 10.1 Å². The molecule has 1 unspecified atom stereocenters. The van der Waals surface area contributed by atoms with Crippen LogP contribution in [-0.2, 0) is 21.7 Å². The Balaban J connectivity index is 1.49. The maximum atomic E-state index is 12.5. The topological polar surface area (TPSA) is 97.6 Å². The van der Waals surface area contributed by atoms with Gasteiger partial charge in [0.2, 0.25) is 5.89 Å². The first-order valence-corrected chi connectivity index (χ1v) is 11.1. The molecule has 3 rings (SSSR count). The number of oxazole rings is 1. The highest BCUT2D eigenvalue weighted by Gasteiger charge is 2.29. The number of amides is 2. The van der Waals surface area contributed by atoms with E-state index in [1.165, 1.54) is 11.3 Å². The number of thiazole rings is 1. The number of likely N-dealkylation sites (tertiary alicyclic amines) is 1. The summed E-state index contributed by atoms with van der Waals surface area (Å²) in [7, 11) is 0. The number of aryl methyl sites for hydroxylation is 1. The summed E-state index contributed by atoms with van der Waals surface area (Å²) < 4.78 is 11.6. The number of piperidine rings is 1. The summed E-state index contributed by atoms with van der Waals surface area (Å²) in [5.41, 5.74) is 0. The van der Waals surface area contributed by atoms with Gasteiger partial charge < -0.3 is 14.1 Å². The standard InChI is InChI=1S/C18H24N4O4S2/c1-3-13-8-19-14(26-13)11-27-15-9-20-17(28-15)21-18(24)22-7-5-6-12(10-22)16(23)25-4-2/h8-9,12H,3-7,10-11H2,1-2H3,(H,20,21,24). The third-order valence-corrected chi connectivity index (χ3v) is 6.41. The maximum Gasteiger partial charge on any atom is 0.323 e. The summed E-state index contributed by atoms with van der Waals surface area (Å²) in [6, 6.07) is -0.236. The molecule has 1 N–H and O–H groups in total. The van der Waals surface area contributed by atoms with Crippen molar-refractivity contribution in [1.82, 2.24) is 14.9 Å². The molecule has 152 valence electrons. The first kappa shape index (κ1) is 20.7. The first-order chi connectivity index (χ1) is 13.6. The Hall–Kier alpha value is -2.07. The van der Waals surface area contributed by atoms with Gasteiger partial charge in [0.1, 0.15) is 5.76 Å². The molecule has 3 heterocycles. The van der Waals surface area contributed by atoms with Crippen LogP contribution in [0.4, 0.5) is 9.93 Å². The molecule has 1 atom stereocenters. The number of ether oxygens (including phenoxy) is 1. The number of anilines is 1. The fourth-order valence-electron chi connectivity index (χ4n) is 2.88. The van der Waals surface area contributed by atoms with Crippen LogP contribution in [0.2, 0.25) is 0 Å². The van der Waals surface area contributed by atoms with E-state index >= 15 is 0 Å². The molecule has 0 aliphatic carbocycles. The van der Waals surface area contributed by atoms with Gasteiger partial charge in [-0.1, -0.05) is 18.3 Å². The van der Waals surface area contributed by atoms with Crippen molar-refractivity contribution in [2.24, 2.45) is 5.92 Å². The minimum atomic E-state index is -0.254. The maximum absolute atomic E-state index is 12.5. The molecule has 0 spiro atoms. The summed E-state index contributed by atoms with van der Waals surface area (Å²) in [5.74, 6) is 1.68. The SMILES string of the molecule is CCOC(=O)C1CCCN(C(=O)Nc2ncc(SCc3ncc(CC)o3)s2)C1. The van der Waals surface area contributed by atoms with Crippen molar-refractivity contribution in [2.75, 3.05) is 25.0 Å². The Morgan fingerprint density at radius 3 is 3.00 bits per heavy atom. The Kier molecular flexibility index (Phi) is 7.32. The Morgan fingerprint density at radius 2 is 2.25 bits per heavy atom. The molecular formula is C18H24N4O4S2. The molecule has 0 bridgehead atoms. The molecule has 1 aliphatic rings. The smallest absolute Gasteiger partial charge is 0.323 e. The number of esters is 1. The van der Waals surface area contributed by atoms with Gasteiger partial charge in [-0.05, 0) is 19.8 Å². The van der Waals surface area contributed by atoms with Gasteiger partial charge in [0.05, 0.1) is 34.9 Å². The zero-order valence-electron chi connectivity index (χ0n) is 16.0. The lowest BCUT2D eigenvalue weighted by Gasteiger charge is -2.31. The lowest BCUT2D eigenvalue weighted by Crippen LogP contribution is -2.44. The molecule has 0 aromatic carbocycles. The van der Waals surface area contributed by atoms with Crippen molar-refractivity contribution in [1.29, 1.82) is 0 Å². The van der Waals surface area contributed by atoms with Crippen LogP contribution < -0.4 is 5.32 Å². The van der Waals surface area contributed by atoms with Crippen LogP contribution in [0.1, 0.15) is 38.3 Å². The number of urea groups is 1. The van der Waals surface area contributed by atoms with Crippen LogP contribution in [0.5, 0.6) is 0 Å². The lowest BCUT2D eigenvalue weighted by atomic mass is 9.98. The number of aromatic nitrogens is 2. The van der Waals surface area contributed by atoms with E-state index in [1.807, 2.05) is 6.92 Å². The molecule has 0 radical (unpaired) electrons. The molecule has 1 saturated heterocycles. The number of hydrogen-bond acceptors (Lipinski definition) is 8. The molecule has 1 aliphatic heterocycles. The van der Waals surface area contributed by atoms with Gasteiger partial charge in [-0.15, -0.1) is 11.8 Å². The fourth-order valence-corrected chi connectivity index (χ4v) is 4.59. The zero-order chi connectivity index (χ0) is 19.9. The average molecular weight is 425 g/mol. The van der Waals surface area contributed by atoms with Gasteiger partial charge in [0, 0.05) is 19.5 Å². The van der Waals surface area contributed by atoms with Gasteiger partial charge >= 0.3 is 12.0 Å². The third-order valence-electron chi connectivity index (χ3n) is 4.31. The second-order valence-corrected chi connectivity index (χ2v) is 8.62. The zero-order valence-corrected chi connectivity index (χ0v) is 17.6. The van der Waals surface area contributed by atoms with Crippen LogP contribution in [-0.4, -0.2) is 46.6 Å². The highest BCUT2D eigenvalue weighted by atomic mass is 32.2. The predicted molar refractivity (Wildman–Crippen MR) is 108 cm³/mol. The molecule has 28 heavy (non-hydrogen) atoms. The Labute approximate surface area is 172 Å². The first-order valence-electron chi connectivity index (χ1n) is 9.33. The van der Waals surface area contributed by atoms with E-state index in [2.05, 4.69) is 15.3 Å². The molecule has 8 nitrogen and oxygen atoms in total. The largest absolute Gasteiger partial charge is 0.466 e.